The molecular weight excluding hydrogens is 402 g/mol. The number of hydrogen-bond donors (Lipinski definition) is 1. The molecule has 1 amide bonds. The predicted octanol–water partition coefficient (Wildman–Crippen LogP) is 2.77. The fraction of sp³-hybridized carbons (Fsp3) is 0.273. The summed E-state index contributed by atoms with van der Waals surface area (Å²) in [6.07, 6.45) is 1.69. The average molecular weight is 428 g/mol. The molecule has 30 heavy (non-hydrogen) atoms. The second-order valence-electron chi connectivity index (χ2n) is 6.80. The number of ether oxygens (including phenoxy) is 1. The maximum absolute atomic E-state index is 12.8. The first-order valence-corrected chi connectivity index (χ1v) is 11.5. The lowest BCUT2D eigenvalue weighted by molar-refractivity contribution is 0.0956. The molecule has 2 aromatic carbocycles. The molecule has 0 fully saturated rings. The van der Waals surface area contributed by atoms with Crippen molar-refractivity contribution in [1.82, 2.24) is 15.1 Å². The van der Waals surface area contributed by atoms with Gasteiger partial charge in [0.25, 0.3) is 5.91 Å². The molecule has 0 aliphatic heterocycles. The smallest absolute Gasteiger partial charge is 0.255 e. The molecule has 0 aliphatic rings. The Morgan fingerprint density at radius 1 is 1.10 bits per heavy atom. The van der Waals surface area contributed by atoms with Crippen molar-refractivity contribution in [2.45, 2.75) is 13.5 Å². The first kappa shape index (κ1) is 21.6. The van der Waals surface area contributed by atoms with Crippen molar-refractivity contribution in [3.8, 4) is 17.0 Å². The monoisotopic (exact) mass is 427 g/mol. The van der Waals surface area contributed by atoms with Gasteiger partial charge in [-0.3, -0.25) is 9.48 Å². The molecule has 0 bridgehead atoms. The maximum Gasteiger partial charge on any atom is 0.255 e. The van der Waals surface area contributed by atoms with Crippen LogP contribution in [0.15, 0.2) is 60.8 Å². The van der Waals surface area contributed by atoms with Gasteiger partial charge in [-0.1, -0.05) is 37.3 Å². The molecule has 8 heteroatoms. The number of rotatable bonds is 9. The minimum atomic E-state index is -3.15. The number of amides is 1. The Kier molecular flexibility index (Phi) is 6.89. The number of nitrogens with zero attached hydrogens (tertiary/aromatic N) is 2. The summed E-state index contributed by atoms with van der Waals surface area (Å²) in [5.41, 5.74) is 2.76. The van der Waals surface area contributed by atoms with Crippen molar-refractivity contribution in [3.63, 3.8) is 0 Å². The van der Waals surface area contributed by atoms with Gasteiger partial charge in [-0.25, -0.2) is 8.42 Å². The third kappa shape index (κ3) is 5.48. The minimum Gasteiger partial charge on any atom is -0.497 e. The zero-order chi connectivity index (χ0) is 21.6. The van der Waals surface area contributed by atoms with Crippen LogP contribution in [0, 0.1) is 0 Å². The fourth-order valence-corrected chi connectivity index (χ4v) is 3.66. The number of carbonyl (C=O) groups is 1. The number of sulfone groups is 1. The quantitative estimate of drug-likeness (QED) is 0.567. The third-order valence-corrected chi connectivity index (χ3v) is 6.40. The van der Waals surface area contributed by atoms with E-state index in [1.165, 1.54) is 0 Å². The van der Waals surface area contributed by atoms with Crippen LogP contribution in [0.4, 0.5) is 0 Å². The Balaban J connectivity index is 1.87. The zero-order valence-corrected chi connectivity index (χ0v) is 17.9. The summed E-state index contributed by atoms with van der Waals surface area (Å²) in [5.74, 6) is 0.310. The Morgan fingerprint density at radius 3 is 2.43 bits per heavy atom. The van der Waals surface area contributed by atoms with Crippen molar-refractivity contribution in [2.75, 3.05) is 25.2 Å². The van der Waals surface area contributed by atoms with Crippen molar-refractivity contribution < 1.29 is 17.9 Å². The van der Waals surface area contributed by atoms with Gasteiger partial charge in [-0.2, -0.15) is 5.10 Å². The van der Waals surface area contributed by atoms with Gasteiger partial charge in [0.15, 0.2) is 9.84 Å². The summed E-state index contributed by atoms with van der Waals surface area (Å²) in [4.78, 5) is 12.8. The molecule has 1 N–H and O–H groups in total. The molecular formula is C22H25N3O4S. The number of carbonyl (C=O) groups excluding carboxylic acids is 1. The van der Waals surface area contributed by atoms with Crippen molar-refractivity contribution in [3.05, 3.63) is 71.9 Å². The van der Waals surface area contributed by atoms with Gasteiger partial charge in [0.1, 0.15) is 11.4 Å². The minimum absolute atomic E-state index is 0.0506. The highest BCUT2D eigenvalue weighted by molar-refractivity contribution is 7.91. The van der Waals surface area contributed by atoms with E-state index < -0.39 is 9.84 Å². The SMILES string of the molecule is CCS(=O)(=O)CCNC(=O)c1cn(Cc2ccccc2)nc1-c1ccc(OC)cc1. The van der Waals surface area contributed by atoms with Gasteiger partial charge in [0.05, 0.1) is 25.0 Å². The third-order valence-electron chi connectivity index (χ3n) is 4.70. The Morgan fingerprint density at radius 2 is 1.80 bits per heavy atom. The van der Waals surface area contributed by atoms with E-state index in [0.29, 0.717) is 23.6 Å². The van der Waals surface area contributed by atoms with Crippen molar-refractivity contribution in [2.24, 2.45) is 0 Å². The summed E-state index contributed by atoms with van der Waals surface area (Å²) in [7, 11) is -1.56. The number of hydrogen-bond acceptors (Lipinski definition) is 5. The van der Waals surface area contributed by atoms with Gasteiger partial charge in [-0.05, 0) is 29.8 Å². The van der Waals surface area contributed by atoms with E-state index in [0.717, 1.165) is 11.1 Å². The Hall–Kier alpha value is -3.13. The van der Waals surface area contributed by atoms with Crippen LogP contribution in [0.2, 0.25) is 0 Å². The number of nitrogens with one attached hydrogen (secondary N) is 1. The van der Waals surface area contributed by atoms with E-state index >= 15 is 0 Å². The lowest BCUT2D eigenvalue weighted by Gasteiger charge is -2.06. The normalized spacial score (nSPS) is 11.3. The summed E-state index contributed by atoms with van der Waals surface area (Å²) in [6.45, 7) is 2.16. The van der Waals surface area contributed by atoms with Gasteiger partial charge in [0, 0.05) is 24.1 Å². The molecule has 0 unspecified atom stereocenters. The molecule has 0 atom stereocenters. The highest BCUT2D eigenvalue weighted by Gasteiger charge is 2.19. The van der Waals surface area contributed by atoms with E-state index in [4.69, 9.17) is 4.74 Å². The van der Waals surface area contributed by atoms with E-state index in [2.05, 4.69) is 10.4 Å². The molecule has 158 valence electrons. The fourth-order valence-electron chi connectivity index (χ4n) is 2.96. The summed E-state index contributed by atoms with van der Waals surface area (Å²) >= 11 is 0. The molecule has 7 nitrogen and oxygen atoms in total. The van der Waals surface area contributed by atoms with Crippen LogP contribution in [0.5, 0.6) is 5.75 Å². The standard InChI is InChI=1S/C22H25N3O4S/c1-3-30(27,28)14-13-23-22(26)20-16-25(15-17-7-5-4-6-8-17)24-21(20)18-9-11-19(29-2)12-10-18/h4-12,16H,3,13-15H2,1-2H3,(H,23,26). The van der Waals surface area contributed by atoms with Crippen LogP contribution < -0.4 is 10.1 Å². The van der Waals surface area contributed by atoms with Crippen LogP contribution in [-0.4, -0.2) is 49.3 Å². The van der Waals surface area contributed by atoms with Gasteiger partial charge in [-0.15, -0.1) is 0 Å². The van der Waals surface area contributed by atoms with Crippen LogP contribution in [0.25, 0.3) is 11.3 Å². The topological polar surface area (TPSA) is 90.3 Å². The maximum atomic E-state index is 12.8. The van der Waals surface area contributed by atoms with E-state index in [-0.39, 0.29) is 24.0 Å². The van der Waals surface area contributed by atoms with Crippen LogP contribution >= 0.6 is 0 Å². The number of aromatic nitrogens is 2. The van der Waals surface area contributed by atoms with Crippen molar-refractivity contribution in [1.29, 1.82) is 0 Å². The molecule has 1 aromatic heterocycles. The lowest BCUT2D eigenvalue weighted by Crippen LogP contribution is -2.29. The zero-order valence-electron chi connectivity index (χ0n) is 17.0. The van der Waals surface area contributed by atoms with Crippen molar-refractivity contribution >= 4 is 15.7 Å². The van der Waals surface area contributed by atoms with Gasteiger partial charge in [0.2, 0.25) is 0 Å². The van der Waals surface area contributed by atoms with Crippen LogP contribution in [-0.2, 0) is 16.4 Å². The molecule has 0 saturated carbocycles. The molecule has 1 heterocycles. The molecule has 0 aliphatic carbocycles. The number of methoxy groups -OCH3 is 1. The largest absolute Gasteiger partial charge is 0.497 e. The number of benzene rings is 2. The Bertz CT molecular complexity index is 1090. The molecule has 0 radical (unpaired) electrons. The lowest BCUT2D eigenvalue weighted by atomic mass is 10.1. The first-order chi connectivity index (χ1) is 14.4. The summed E-state index contributed by atoms with van der Waals surface area (Å²) in [6, 6.07) is 17.1. The second kappa shape index (κ2) is 9.58. The Labute approximate surface area is 176 Å². The molecule has 3 aromatic rings. The first-order valence-electron chi connectivity index (χ1n) is 9.66. The molecule has 3 rings (SSSR count). The average Bonchev–Trinajstić information content (AvgIpc) is 3.18. The van der Waals surface area contributed by atoms with Gasteiger partial charge >= 0.3 is 0 Å². The summed E-state index contributed by atoms with van der Waals surface area (Å²) in [5, 5.41) is 7.33. The van der Waals surface area contributed by atoms with E-state index in [1.807, 2.05) is 42.5 Å². The van der Waals surface area contributed by atoms with E-state index in [1.54, 1.807) is 37.0 Å². The second-order valence-corrected chi connectivity index (χ2v) is 9.27. The predicted molar refractivity (Wildman–Crippen MR) is 116 cm³/mol. The molecule has 0 saturated heterocycles. The van der Waals surface area contributed by atoms with Gasteiger partial charge < -0.3 is 10.1 Å². The van der Waals surface area contributed by atoms with Crippen LogP contribution in [0.3, 0.4) is 0 Å². The van der Waals surface area contributed by atoms with E-state index in [9.17, 15) is 13.2 Å². The summed E-state index contributed by atoms with van der Waals surface area (Å²) < 4.78 is 30.3. The molecule has 0 spiro atoms. The highest BCUT2D eigenvalue weighted by atomic mass is 32.2. The highest BCUT2D eigenvalue weighted by Crippen LogP contribution is 2.25. The van der Waals surface area contributed by atoms with Crippen LogP contribution in [0.1, 0.15) is 22.8 Å².